The number of benzene rings is 3. The third kappa shape index (κ3) is 5.99. The summed E-state index contributed by atoms with van der Waals surface area (Å²) in [6, 6.07) is 24.8. The molecule has 0 heterocycles. The summed E-state index contributed by atoms with van der Waals surface area (Å²) >= 11 is 3.26. The fraction of sp³-hybridized carbons (Fsp3) is 0.269. The average Bonchev–Trinajstić information content (AvgIpc) is 2.87. The lowest BCUT2D eigenvalue weighted by atomic mass is 9.92. The number of rotatable bonds is 11. The molecule has 0 N–H and O–H groups in total. The van der Waals surface area contributed by atoms with Crippen molar-refractivity contribution in [2.24, 2.45) is 5.41 Å². The lowest BCUT2D eigenvalue weighted by molar-refractivity contribution is -0.164. The van der Waals surface area contributed by atoms with Crippen LogP contribution in [0.3, 0.4) is 0 Å². The number of carbonyl (C=O) groups excluding carboxylic acids is 1. The number of halogens is 3. The van der Waals surface area contributed by atoms with Crippen LogP contribution in [0.25, 0.3) is 0 Å². The molecule has 3 aromatic carbocycles. The Kier molecular flexibility index (Phi) is 8.97. The molecule has 0 bridgehead atoms. The Morgan fingerprint density at radius 3 is 1.56 bits per heavy atom. The number of hydrogen-bond donors (Lipinski definition) is 0. The first-order valence-electron chi connectivity index (χ1n) is 11.0. The topological polar surface area (TPSA) is 69.7 Å². The van der Waals surface area contributed by atoms with Gasteiger partial charge >= 0.3 is 21.3 Å². The maximum atomic E-state index is 15.3. The van der Waals surface area contributed by atoms with E-state index in [1.165, 1.54) is 0 Å². The van der Waals surface area contributed by atoms with E-state index in [0.29, 0.717) is 26.4 Å². The van der Waals surface area contributed by atoms with Gasteiger partial charge in [-0.25, -0.2) is 8.42 Å². The normalized spacial score (nSPS) is 13.2. The third-order valence-corrected chi connectivity index (χ3v) is 10.9. The van der Waals surface area contributed by atoms with Crippen molar-refractivity contribution in [2.45, 2.75) is 40.2 Å². The zero-order valence-electron chi connectivity index (χ0n) is 19.8. The average molecular weight is 602 g/mol. The van der Waals surface area contributed by atoms with E-state index in [9.17, 15) is 13.2 Å². The minimum Gasteiger partial charge on any atom is -0.460 e. The Balaban J connectivity index is 2.12. The van der Waals surface area contributed by atoms with Crippen molar-refractivity contribution in [2.75, 3.05) is 11.9 Å². The molecule has 0 atom stereocenters. The molecule has 0 aliphatic heterocycles. The van der Waals surface area contributed by atoms with Crippen molar-refractivity contribution < 1.29 is 30.4 Å². The largest absolute Gasteiger partial charge is 0.466 e. The summed E-state index contributed by atoms with van der Waals surface area (Å²) in [5, 5.41) is -4.37. The molecule has 0 aliphatic rings. The van der Waals surface area contributed by atoms with Crippen LogP contribution in [0.4, 0.5) is 8.78 Å². The predicted octanol–water partition coefficient (Wildman–Crippen LogP) is 7.18. The molecule has 0 unspecified atom stereocenters. The minimum absolute atomic E-state index is 0.369. The van der Waals surface area contributed by atoms with Crippen LogP contribution in [-0.2, 0) is 23.3 Å². The summed E-state index contributed by atoms with van der Waals surface area (Å²) in [6.45, 7) is 3.07. The van der Waals surface area contributed by atoms with Crippen LogP contribution < -0.4 is 0 Å². The maximum Gasteiger partial charge on any atom is 0.466 e. The van der Waals surface area contributed by atoms with Crippen LogP contribution in [-0.4, -0.2) is 31.6 Å². The van der Waals surface area contributed by atoms with Gasteiger partial charge in [0.05, 0.1) is 6.61 Å². The summed E-state index contributed by atoms with van der Waals surface area (Å²) in [5.74, 6) is -2.17. The van der Waals surface area contributed by atoms with Gasteiger partial charge in [-0.3, -0.25) is 0 Å². The quantitative estimate of drug-likeness (QED) is 0.172. The highest BCUT2D eigenvalue weighted by Crippen LogP contribution is 2.70. The van der Waals surface area contributed by atoms with E-state index in [1.807, 2.05) is 0 Å². The van der Waals surface area contributed by atoms with Gasteiger partial charge in [0.25, 0.3) is 0 Å². The highest BCUT2D eigenvalue weighted by Gasteiger charge is 2.59. The number of alkyl halides is 3. The second kappa shape index (κ2) is 11.4. The first kappa shape index (κ1) is 28.3. The van der Waals surface area contributed by atoms with Gasteiger partial charge in [-0.05, 0) is 58.5 Å². The van der Waals surface area contributed by atoms with Gasteiger partial charge < -0.3 is 4.74 Å². The molecule has 3 aromatic rings. The molecule has 36 heavy (non-hydrogen) atoms. The second-order valence-corrected chi connectivity index (χ2v) is 14.0. The van der Waals surface area contributed by atoms with Crippen molar-refractivity contribution in [1.82, 2.24) is 0 Å². The first-order valence-corrected chi connectivity index (χ1v) is 15.1. The summed E-state index contributed by atoms with van der Waals surface area (Å²) in [6.07, 6.45) is 0.526. The van der Waals surface area contributed by atoms with E-state index < -0.39 is 37.1 Å². The molecule has 0 radical (unpaired) electrons. The zero-order chi connectivity index (χ0) is 26.5. The molecule has 0 aromatic heterocycles. The van der Waals surface area contributed by atoms with E-state index in [0.717, 1.165) is 0 Å². The van der Waals surface area contributed by atoms with E-state index in [1.54, 1.807) is 105 Å². The molecule has 0 spiro atoms. The summed E-state index contributed by atoms with van der Waals surface area (Å²) < 4.78 is 67.3. The van der Waals surface area contributed by atoms with Crippen LogP contribution in [0.15, 0.2) is 106 Å². The monoisotopic (exact) mass is 600 g/mol. The standard InChI is InChI=1S/C26H27BrF2O5S2/c1-25(2,18-19-27)20-33-24(30)26(28,29)36(31,32)34-35(21-12-6-3-7-13-21,22-14-8-4-9-15-22)23-16-10-5-11-17-23/h3-17H,18-20H2,1-2H3. The van der Waals surface area contributed by atoms with Crippen molar-refractivity contribution in [3.8, 4) is 0 Å². The summed E-state index contributed by atoms with van der Waals surface area (Å²) in [4.78, 5) is 13.5. The van der Waals surface area contributed by atoms with Gasteiger partial charge in [0.15, 0.2) is 0 Å². The van der Waals surface area contributed by atoms with Gasteiger partial charge in [-0.2, -0.15) is 17.2 Å². The van der Waals surface area contributed by atoms with Gasteiger partial charge in [0, 0.05) is 20.0 Å². The van der Waals surface area contributed by atoms with Gasteiger partial charge in [0.2, 0.25) is 0 Å². The molecule has 0 aliphatic carbocycles. The van der Waals surface area contributed by atoms with Crippen molar-refractivity contribution in [3.63, 3.8) is 0 Å². The molecular formula is C26H27BrF2O5S2. The zero-order valence-corrected chi connectivity index (χ0v) is 23.0. The Labute approximate surface area is 220 Å². The minimum atomic E-state index is -5.82. The van der Waals surface area contributed by atoms with Crippen LogP contribution in [0, 0.1) is 5.41 Å². The Morgan fingerprint density at radius 1 is 0.806 bits per heavy atom. The molecule has 0 saturated carbocycles. The number of hydrogen-bond acceptors (Lipinski definition) is 5. The van der Waals surface area contributed by atoms with Gasteiger partial charge in [0.1, 0.15) is 0 Å². The molecule has 0 saturated heterocycles. The lowest BCUT2D eigenvalue weighted by Gasteiger charge is -2.39. The lowest BCUT2D eigenvalue weighted by Crippen LogP contribution is -2.42. The predicted molar refractivity (Wildman–Crippen MR) is 140 cm³/mol. The van der Waals surface area contributed by atoms with E-state index in [2.05, 4.69) is 15.9 Å². The SMILES string of the molecule is CC(C)(CCBr)COC(=O)C(F)(F)S(=O)(=O)OS(c1ccccc1)(c1ccccc1)c1ccccc1. The fourth-order valence-electron chi connectivity index (χ4n) is 3.31. The molecular weight excluding hydrogens is 574 g/mol. The Bertz CT molecular complexity index is 1160. The second-order valence-electron chi connectivity index (χ2n) is 8.71. The smallest absolute Gasteiger partial charge is 0.460 e. The Morgan fingerprint density at radius 2 is 1.19 bits per heavy atom. The van der Waals surface area contributed by atoms with Gasteiger partial charge in [-0.1, -0.05) is 84.4 Å². The molecule has 0 fully saturated rings. The van der Waals surface area contributed by atoms with Crippen LogP contribution in [0.2, 0.25) is 0 Å². The molecule has 194 valence electrons. The summed E-state index contributed by atoms with van der Waals surface area (Å²) in [5.41, 5.74) is -0.632. The molecule has 0 amide bonds. The number of carbonyl (C=O) groups is 1. The fourth-order valence-corrected chi connectivity index (χ4v) is 9.45. The highest BCUT2D eigenvalue weighted by molar-refractivity contribution is 9.09. The number of ether oxygens (including phenoxy) is 1. The summed E-state index contributed by atoms with van der Waals surface area (Å²) in [7, 11) is -9.06. The van der Waals surface area contributed by atoms with E-state index in [4.69, 9.17) is 8.37 Å². The molecule has 5 nitrogen and oxygen atoms in total. The van der Waals surface area contributed by atoms with Crippen LogP contribution in [0.1, 0.15) is 20.3 Å². The highest BCUT2D eigenvalue weighted by atomic mass is 79.9. The number of esters is 1. The molecule has 10 heteroatoms. The third-order valence-electron chi connectivity index (χ3n) is 5.33. The van der Waals surface area contributed by atoms with Crippen LogP contribution in [0.5, 0.6) is 0 Å². The van der Waals surface area contributed by atoms with Crippen molar-refractivity contribution in [3.05, 3.63) is 91.0 Å². The Hall–Kier alpha value is -2.27. The van der Waals surface area contributed by atoms with Crippen molar-refractivity contribution in [1.29, 1.82) is 0 Å². The first-order chi connectivity index (χ1) is 17.0. The van der Waals surface area contributed by atoms with E-state index in [-0.39, 0.29) is 6.61 Å². The van der Waals surface area contributed by atoms with Crippen molar-refractivity contribution >= 4 is 42.3 Å². The molecule has 3 rings (SSSR count). The van der Waals surface area contributed by atoms with E-state index >= 15 is 8.78 Å². The maximum absolute atomic E-state index is 15.3. The van der Waals surface area contributed by atoms with Crippen LogP contribution >= 0.6 is 26.2 Å². The van der Waals surface area contributed by atoms with Gasteiger partial charge in [-0.15, -0.1) is 0 Å².